The number of rotatable bonds is 1. The van der Waals surface area contributed by atoms with Gasteiger partial charge in [-0.3, -0.25) is 0 Å². The Labute approximate surface area is 80.8 Å². The molecule has 0 aliphatic heterocycles. The molecule has 1 rings (SSSR count). The Kier molecular flexibility index (Phi) is 2.92. The molecule has 0 bridgehead atoms. The summed E-state index contributed by atoms with van der Waals surface area (Å²) in [5.74, 6) is 0.0545. The number of carbonyl (C=O) groups is 1. The Balaban J connectivity index is 2.89. The van der Waals surface area contributed by atoms with Crippen LogP contribution in [0.25, 0.3) is 0 Å². The fourth-order valence-corrected chi connectivity index (χ4v) is 1.22. The van der Waals surface area contributed by atoms with Crippen molar-refractivity contribution >= 4 is 32.5 Å². The summed E-state index contributed by atoms with van der Waals surface area (Å²) in [4.78, 5) is 12.6. The second kappa shape index (κ2) is 3.76. The van der Waals surface area contributed by atoms with Crippen molar-refractivity contribution in [3.8, 4) is 0 Å². The van der Waals surface area contributed by atoms with Gasteiger partial charge < -0.3 is 0 Å². The van der Waals surface area contributed by atoms with Crippen molar-refractivity contribution in [1.29, 1.82) is 0 Å². The summed E-state index contributed by atoms with van der Waals surface area (Å²) in [6.45, 7) is 1.56. The number of anilines is 1. The summed E-state index contributed by atoms with van der Waals surface area (Å²) in [5.41, 5.74) is 0.938. The minimum atomic E-state index is 0.0545. The monoisotopic (exact) mass is 222 g/mol. The second-order valence-corrected chi connectivity index (χ2v) is 3.84. The molecule has 1 amide bonds. The average Bonchev–Trinajstić information content (AvgIpc) is 2.04. The molecule has 0 saturated heterocycles. The van der Waals surface area contributed by atoms with Gasteiger partial charge in [-0.1, -0.05) is 0 Å². The van der Waals surface area contributed by atoms with E-state index >= 15 is 0 Å². The quantitative estimate of drug-likeness (QED) is 0.630. The molecule has 61 valence electrons. The van der Waals surface area contributed by atoms with Crippen molar-refractivity contribution in [2.45, 2.75) is 6.92 Å². The van der Waals surface area contributed by atoms with E-state index in [-0.39, 0.29) is 5.91 Å². The van der Waals surface area contributed by atoms with Crippen LogP contribution in [-0.4, -0.2) is 29.5 Å². The minimum absolute atomic E-state index is 0.0545. The normalized spacial score (nSPS) is 9.58. The fourth-order valence-electron chi connectivity index (χ4n) is 0.867. The maximum absolute atomic E-state index is 11.0. The Morgan fingerprint density at radius 1 is 1.33 bits per heavy atom. The second-order valence-electron chi connectivity index (χ2n) is 2.62. The predicted molar refractivity (Wildman–Crippen MR) is 50.9 cm³/mol. The average molecular weight is 221 g/mol. The number of nitrogens with zero attached hydrogens (tertiary/aromatic N) is 1. The molecule has 12 heavy (non-hydrogen) atoms. The van der Waals surface area contributed by atoms with Crippen LogP contribution in [0.4, 0.5) is 5.69 Å². The van der Waals surface area contributed by atoms with Crippen LogP contribution in [0.3, 0.4) is 0 Å². The van der Waals surface area contributed by atoms with Crippen LogP contribution in [0, 0.1) is 0 Å². The standard InChI is InChI=1S/C9H10GeNO/c1-7(12)11(2)9-5-3-8(10)4-6-9/h3-6H,1-2H3. The van der Waals surface area contributed by atoms with Gasteiger partial charge in [-0.05, 0) is 0 Å². The van der Waals surface area contributed by atoms with Gasteiger partial charge in [-0.15, -0.1) is 0 Å². The Hall–Kier alpha value is -0.767. The summed E-state index contributed by atoms with van der Waals surface area (Å²) in [7, 11) is 1.77. The summed E-state index contributed by atoms with van der Waals surface area (Å²) in [6, 6.07) is 7.87. The molecule has 0 atom stereocenters. The van der Waals surface area contributed by atoms with Crippen molar-refractivity contribution in [2.24, 2.45) is 0 Å². The number of carbonyl (C=O) groups excluding carboxylic acids is 1. The Morgan fingerprint density at radius 3 is 2.25 bits per heavy atom. The topological polar surface area (TPSA) is 20.3 Å². The summed E-state index contributed by atoms with van der Waals surface area (Å²) in [5, 5.41) is 0. The van der Waals surface area contributed by atoms with Crippen molar-refractivity contribution in [1.82, 2.24) is 0 Å². The van der Waals surface area contributed by atoms with E-state index in [1.807, 2.05) is 40.8 Å². The molecule has 0 unspecified atom stereocenters. The van der Waals surface area contributed by atoms with E-state index in [9.17, 15) is 4.79 Å². The maximum atomic E-state index is 11.0. The van der Waals surface area contributed by atoms with Crippen LogP contribution in [0.1, 0.15) is 6.92 Å². The van der Waals surface area contributed by atoms with Gasteiger partial charge in [-0.25, -0.2) is 0 Å². The van der Waals surface area contributed by atoms with Crippen LogP contribution in [0.2, 0.25) is 0 Å². The molecule has 0 saturated carbocycles. The van der Waals surface area contributed by atoms with Crippen molar-refractivity contribution in [2.75, 3.05) is 11.9 Å². The van der Waals surface area contributed by atoms with Gasteiger partial charge in [0.15, 0.2) is 0 Å². The SMILES string of the molecule is CC(=O)N(C)c1cc[c]([Ge])cc1. The van der Waals surface area contributed by atoms with Gasteiger partial charge in [0.05, 0.1) is 0 Å². The van der Waals surface area contributed by atoms with E-state index < -0.39 is 0 Å². The summed E-state index contributed by atoms with van der Waals surface area (Å²) < 4.78 is 1.20. The molecule has 1 aromatic carbocycles. The van der Waals surface area contributed by atoms with Crippen LogP contribution in [0.5, 0.6) is 0 Å². The number of hydrogen-bond acceptors (Lipinski definition) is 1. The van der Waals surface area contributed by atoms with Gasteiger partial charge >= 0.3 is 80.4 Å². The Bertz CT molecular complexity index is 281. The summed E-state index contributed by atoms with van der Waals surface area (Å²) in [6.07, 6.45) is 0. The molecule has 2 nitrogen and oxygen atoms in total. The van der Waals surface area contributed by atoms with E-state index in [1.165, 1.54) is 4.40 Å². The van der Waals surface area contributed by atoms with E-state index in [1.54, 1.807) is 18.9 Å². The third kappa shape index (κ3) is 2.11. The van der Waals surface area contributed by atoms with Crippen LogP contribution >= 0.6 is 0 Å². The third-order valence-electron chi connectivity index (χ3n) is 1.73. The predicted octanol–water partition coefficient (Wildman–Crippen LogP) is 0.463. The number of amides is 1. The molecule has 0 N–H and O–H groups in total. The fraction of sp³-hybridized carbons (Fsp3) is 0.222. The molecule has 0 spiro atoms. The van der Waals surface area contributed by atoms with E-state index in [0.717, 1.165) is 5.69 Å². The van der Waals surface area contributed by atoms with Gasteiger partial charge in [0.2, 0.25) is 0 Å². The van der Waals surface area contributed by atoms with E-state index in [0.29, 0.717) is 0 Å². The Morgan fingerprint density at radius 2 is 1.83 bits per heavy atom. The zero-order valence-corrected chi connectivity index (χ0v) is 9.26. The molecule has 0 aliphatic carbocycles. The molecule has 3 heteroatoms. The van der Waals surface area contributed by atoms with Gasteiger partial charge in [0.1, 0.15) is 0 Å². The van der Waals surface area contributed by atoms with Crippen LogP contribution in [-0.2, 0) is 4.79 Å². The van der Waals surface area contributed by atoms with Crippen molar-refractivity contribution in [3.05, 3.63) is 24.3 Å². The van der Waals surface area contributed by atoms with E-state index in [2.05, 4.69) is 0 Å². The first-order valence-electron chi connectivity index (χ1n) is 3.67. The van der Waals surface area contributed by atoms with Gasteiger partial charge in [0.25, 0.3) is 0 Å². The van der Waals surface area contributed by atoms with Crippen LogP contribution < -0.4 is 9.30 Å². The first-order valence-corrected chi connectivity index (χ1v) is 4.72. The molecule has 1 aromatic rings. The van der Waals surface area contributed by atoms with Crippen molar-refractivity contribution in [3.63, 3.8) is 0 Å². The first-order chi connectivity index (χ1) is 5.61. The van der Waals surface area contributed by atoms with Crippen LogP contribution in [0.15, 0.2) is 24.3 Å². The molecule has 3 radical (unpaired) electrons. The number of benzene rings is 1. The third-order valence-corrected chi connectivity index (χ3v) is 2.43. The molecule has 0 heterocycles. The number of hydrogen-bond donors (Lipinski definition) is 0. The molecule has 0 aliphatic rings. The zero-order valence-electron chi connectivity index (χ0n) is 7.16. The van der Waals surface area contributed by atoms with Gasteiger partial charge in [0, 0.05) is 0 Å². The summed E-state index contributed by atoms with van der Waals surface area (Å²) >= 11 is 2.03. The molecule has 0 aromatic heterocycles. The molecule has 0 fully saturated rings. The first kappa shape index (κ1) is 9.32. The van der Waals surface area contributed by atoms with Crippen molar-refractivity contribution < 1.29 is 4.79 Å². The van der Waals surface area contributed by atoms with E-state index in [4.69, 9.17) is 0 Å². The molecular weight excluding hydrogens is 211 g/mol. The zero-order chi connectivity index (χ0) is 9.14. The molecular formula is C9H10GeNO. The van der Waals surface area contributed by atoms with Gasteiger partial charge in [-0.2, -0.15) is 0 Å².